The van der Waals surface area contributed by atoms with Crippen LogP contribution in [0.3, 0.4) is 0 Å². The molecular formula is C13H21N3O2. The van der Waals surface area contributed by atoms with E-state index in [1.54, 1.807) is 0 Å². The monoisotopic (exact) mass is 251 g/mol. The molecule has 2 rings (SSSR count). The van der Waals surface area contributed by atoms with Crippen molar-refractivity contribution >= 4 is 0 Å². The first-order chi connectivity index (χ1) is 8.78. The van der Waals surface area contributed by atoms with Gasteiger partial charge in [0.15, 0.2) is 0 Å². The maximum Gasteiger partial charge on any atom is 0.316 e. The summed E-state index contributed by atoms with van der Waals surface area (Å²) < 4.78 is 11.3. The van der Waals surface area contributed by atoms with Gasteiger partial charge in [-0.3, -0.25) is 0 Å². The van der Waals surface area contributed by atoms with Gasteiger partial charge in [0, 0.05) is 18.8 Å². The van der Waals surface area contributed by atoms with Crippen molar-refractivity contribution in [3.8, 4) is 6.01 Å². The zero-order chi connectivity index (χ0) is 12.8. The topological polar surface area (TPSA) is 56.3 Å². The van der Waals surface area contributed by atoms with Crippen molar-refractivity contribution in [3.63, 3.8) is 0 Å². The van der Waals surface area contributed by atoms with Gasteiger partial charge in [0.2, 0.25) is 0 Å². The van der Waals surface area contributed by atoms with Gasteiger partial charge in [0.25, 0.3) is 0 Å². The van der Waals surface area contributed by atoms with Crippen molar-refractivity contribution in [1.29, 1.82) is 0 Å². The lowest BCUT2D eigenvalue weighted by molar-refractivity contribution is -0.0129. The molecule has 2 heterocycles. The highest BCUT2D eigenvalue weighted by molar-refractivity contribution is 5.12. The summed E-state index contributed by atoms with van der Waals surface area (Å²) >= 11 is 0. The normalized spacial score (nSPS) is 19.8. The predicted molar refractivity (Wildman–Crippen MR) is 68.6 cm³/mol. The van der Waals surface area contributed by atoms with E-state index in [-0.39, 0.29) is 6.10 Å². The Morgan fingerprint density at radius 3 is 3.06 bits per heavy atom. The van der Waals surface area contributed by atoms with Gasteiger partial charge < -0.3 is 14.8 Å². The first-order valence-corrected chi connectivity index (χ1v) is 6.51. The summed E-state index contributed by atoms with van der Waals surface area (Å²) in [6, 6.07) is 2.41. The second-order valence-corrected chi connectivity index (χ2v) is 4.61. The molecule has 0 amide bonds. The standard InChI is InChI=1S/C13H21N3O2/c1-10-7-11(8-14-2)16-13(15-10)18-9-12-5-3-4-6-17-12/h7,12,14H,3-6,8-9H2,1-2H3. The number of nitrogens with zero attached hydrogens (tertiary/aromatic N) is 2. The molecule has 1 aliphatic rings. The van der Waals surface area contributed by atoms with Crippen molar-refractivity contribution in [2.75, 3.05) is 20.3 Å². The van der Waals surface area contributed by atoms with Gasteiger partial charge in [-0.25, -0.2) is 4.98 Å². The van der Waals surface area contributed by atoms with Crippen LogP contribution >= 0.6 is 0 Å². The minimum absolute atomic E-state index is 0.190. The van der Waals surface area contributed by atoms with Crippen LogP contribution in [0.5, 0.6) is 6.01 Å². The zero-order valence-electron chi connectivity index (χ0n) is 11.1. The van der Waals surface area contributed by atoms with Crippen molar-refractivity contribution in [1.82, 2.24) is 15.3 Å². The summed E-state index contributed by atoms with van der Waals surface area (Å²) in [6.07, 6.45) is 3.63. The molecule has 1 fully saturated rings. The number of nitrogens with one attached hydrogen (secondary N) is 1. The van der Waals surface area contributed by atoms with E-state index in [0.717, 1.165) is 37.4 Å². The lowest BCUT2D eigenvalue weighted by Gasteiger charge is -2.22. The van der Waals surface area contributed by atoms with Crippen LogP contribution in [-0.4, -0.2) is 36.3 Å². The second kappa shape index (κ2) is 6.66. The highest BCUT2D eigenvalue weighted by atomic mass is 16.5. The predicted octanol–water partition coefficient (Wildman–Crippen LogP) is 1.45. The summed E-state index contributed by atoms with van der Waals surface area (Å²) in [7, 11) is 1.90. The summed E-state index contributed by atoms with van der Waals surface area (Å²) in [4.78, 5) is 8.64. The number of aromatic nitrogens is 2. The van der Waals surface area contributed by atoms with Crippen LogP contribution in [0.1, 0.15) is 30.7 Å². The molecule has 0 radical (unpaired) electrons. The van der Waals surface area contributed by atoms with Crippen LogP contribution in [0.25, 0.3) is 0 Å². The maximum absolute atomic E-state index is 5.64. The molecule has 5 heteroatoms. The van der Waals surface area contributed by atoms with Gasteiger partial charge in [0.05, 0.1) is 11.8 Å². The molecule has 1 aliphatic heterocycles. The van der Waals surface area contributed by atoms with Crippen LogP contribution in [-0.2, 0) is 11.3 Å². The Balaban J connectivity index is 1.91. The van der Waals surface area contributed by atoms with E-state index >= 15 is 0 Å². The fourth-order valence-electron chi connectivity index (χ4n) is 2.05. The van der Waals surface area contributed by atoms with E-state index in [1.807, 2.05) is 20.0 Å². The molecule has 1 atom stereocenters. The third-order valence-corrected chi connectivity index (χ3v) is 2.92. The maximum atomic E-state index is 5.64. The molecular weight excluding hydrogens is 230 g/mol. The van der Waals surface area contributed by atoms with Gasteiger partial charge in [-0.2, -0.15) is 4.98 Å². The minimum Gasteiger partial charge on any atom is -0.461 e. The van der Waals surface area contributed by atoms with E-state index in [4.69, 9.17) is 9.47 Å². The number of rotatable bonds is 5. The molecule has 100 valence electrons. The highest BCUT2D eigenvalue weighted by Gasteiger charge is 2.15. The van der Waals surface area contributed by atoms with Gasteiger partial charge in [-0.05, 0) is 39.3 Å². The van der Waals surface area contributed by atoms with Crippen LogP contribution < -0.4 is 10.1 Å². The lowest BCUT2D eigenvalue weighted by Crippen LogP contribution is -2.26. The molecule has 1 aromatic heterocycles. The molecule has 1 saturated heterocycles. The lowest BCUT2D eigenvalue weighted by atomic mass is 10.1. The van der Waals surface area contributed by atoms with Gasteiger partial charge in [-0.15, -0.1) is 0 Å². The number of ether oxygens (including phenoxy) is 2. The molecule has 0 aliphatic carbocycles. The van der Waals surface area contributed by atoms with Crippen LogP contribution in [0, 0.1) is 6.92 Å². The van der Waals surface area contributed by atoms with Crippen LogP contribution in [0.2, 0.25) is 0 Å². The van der Waals surface area contributed by atoms with E-state index in [0.29, 0.717) is 12.6 Å². The Labute approximate surface area is 108 Å². The Morgan fingerprint density at radius 2 is 2.33 bits per heavy atom. The summed E-state index contributed by atoms with van der Waals surface area (Å²) in [5.41, 5.74) is 1.87. The van der Waals surface area contributed by atoms with Gasteiger partial charge >= 0.3 is 6.01 Å². The molecule has 1 N–H and O–H groups in total. The summed E-state index contributed by atoms with van der Waals surface area (Å²) in [5.74, 6) is 0. The van der Waals surface area contributed by atoms with Crippen molar-refractivity contribution < 1.29 is 9.47 Å². The number of hydrogen-bond donors (Lipinski definition) is 1. The summed E-state index contributed by atoms with van der Waals surface area (Å²) in [6.45, 7) is 4.06. The van der Waals surface area contributed by atoms with Crippen molar-refractivity contribution in [2.24, 2.45) is 0 Å². The van der Waals surface area contributed by atoms with E-state index in [1.165, 1.54) is 6.42 Å². The Hall–Kier alpha value is -1.20. The first-order valence-electron chi connectivity index (χ1n) is 6.51. The van der Waals surface area contributed by atoms with Gasteiger partial charge in [-0.1, -0.05) is 0 Å². The second-order valence-electron chi connectivity index (χ2n) is 4.61. The largest absolute Gasteiger partial charge is 0.461 e. The SMILES string of the molecule is CNCc1cc(C)nc(OCC2CCCCO2)n1. The van der Waals surface area contributed by atoms with Crippen LogP contribution in [0.15, 0.2) is 6.07 Å². The van der Waals surface area contributed by atoms with E-state index < -0.39 is 0 Å². The van der Waals surface area contributed by atoms with E-state index in [2.05, 4.69) is 15.3 Å². The average molecular weight is 251 g/mol. The Morgan fingerprint density at radius 1 is 1.44 bits per heavy atom. The van der Waals surface area contributed by atoms with Gasteiger partial charge in [0.1, 0.15) is 6.61 Å². The Bertz CT molecular complexity index is 378. The summed E-state index contributed by atoms with van der Waals surface area (Å²) in [5, 5.41) is 3.07. The minimum atomic E-state index is 0.190. The fourth-order valence-corrected chi connectivity index (χ4v) is 2.05. The van der Waals surface area contributed by atoms with Crippen LogP contribution in [0.4, 0.5) is 0 Å². The van der Waals surface area contributed by atoms with Crippen molar-refractivity contribution in [3.05, 3.63) is 17.5 Å². The zero-order valence-corrected chi connectivity index (χ0v) is 11.1. The average Bonchev–Trinajstić information content (AvgIpc) is 2.37. The van der Waals surface area contributed by atoms with E-state index in [9.17, 15) is 0 Å². The molecule has 0 aromatic carbocycles. The fraction of sp³-hybridized carbons (Fsp3) is 0.692. The number of aryl methyl sites for hydroxylation is 1. The molecule has 1 unspecified atom stereocenters. The van der Waals surface area contributed by atoms with Crippen molar-refractivity contribution in [2.45, 2.75) is 38.8 Å². The molecule has 0 spiro atoms. The molecule has 5 nitrogen and oxygen atoms in total. The molecule has 18 heavy (non-hydrogen) atoms. The third-order valence-electron chi connectivity index (χ3n) is 2.92. The quantitative estimate of drug-likeness (QED) is 0.858. The smallest absolute Gasteiger partial charge is 0.316 e. The molecule has 0 saturated carbocycles. The third kappa shape index (κ3) is 3.92. The Kier molecular flexibility index (Phi) is 4.90. The highest BCUT2D eigenvalue weighted by Crippen LogP contribution is 2.14. The number of hydrogen-bond acceptors (Lipinski definition) is 5. The first kappa shape index (κ1) is 13.2. The molecule has 0 bridgehead atoms. The molecule has 1 aromatic rings.